The highest BCUT2D eigenvalue weighted by atomic mass is 35.5. The van der Waals surface area contributed by atoms with Gasteiger partial charge < -0.3 is 20.5 Å². The van der Waals surface area contributed by atoms with E-state index in [0.29, 0.717) is 22.4 Å². The molecule has 0 fully saturated rings. The van der Waals surface area contributed by atoms with Crippen molar-refractivity contribution < 1.29 is 4.79 Å². The fourth-order valence-corrected chi connectivity index (χ4v) is 4.25. The van der Waals surface area contributed by atoms with E-state index in [1.807, 2.05) is 66.7 Å². The quantitative estimate of drug-likeness (QED) is 0.378. The van der Waals surface area contributed by atoms with E-state index in [9.17, 15) is 4.79 Å². The highest BCUT2D eigenvalue weighted by molar-refractivity contribution is 7.80. The van der Waals surface area contributed by atoms with Gasteiger partial charge in [0.1, 0.15) is 5.82 Å². The van der Waals surface area contributed by atoms with Gasteiger partial charge in [0.25, 0.3) is 5.91 Å². The van der Waals surface area contributed by atoms with E-state index in [1.165, 1.54) is 0 Å². The zero-order valence-electron chi connectivity index (χ0n) is 18.2. The summed E-state index contributed by atoms with van der Waals surface area (Å²) in [6.45, 7) is 0.377. The molecule has 0 bridgehead atoms. The Balaban J connectivity index is 1.41. The van der Waals surface area contributed by atoms with E-state index in [4.69, 9.17) is 28.8 Å². The molecule has 1 aliphatic rings. The smallest absolute Gasteiger partial charge is 0.272 e. The molecule has 0 spiro atoms. The predicted molar refractivity (Wildman–Crippen MR) is 139 cm³/mol. The number of carbonyl (C=O) groups is 1. The number of hydrogen-bond donors (Lipinski definition) is 3. The minimum atomic E-state index is -0.915. The Morgan fingerprint density at radius 2 is 1.88 bits per heavy atom. The monoisotopic (exact) mass is 488 g/mol. The fourth-order valence-electron chi connectivity index (χ4n) is 3.90. The Kier molecular flexibility index (Phi) is 6.00. The SMILES string of the molecule is CN1C(=O)C(NC(=S)NCc2nc3ccccc3[nH]2)N=C(c2ccccc2)c2cc(Cl)ccc21. The highest BCUT2D eigenvalue weighted by Gasteiger charge is 2.30. The number of benzodiazepines with no additional fused rings is 1. The second-order valence-electron chi connectivity index (χ2n) is 7.83. The molecule has 1 unspecified atom stereocenters. The summed E-state index contributed by atoms with van der Waals surface area (Å²) in [5.41, 5.74) is 4.87. The lowest BCUT2D eigenvalue weighted by Gasteiger charge is -2.21. The number of H-pyrrole nitrogens is 1. The van der Waals surface area contributed by atoms with E-state index in [2.05, 4.69) is 20.6 Å². The maximum Gasteiger partial charge on any atom is 0.272 e. The van der Waals surface area contributed by atoms with E-state index < -0.39 is 6.17 Å². The van der Waals surface area contributed by atoms with Crippen LogP contribution in [0, 0.1) is 0 Å². The second-order valence-corrected chi connectivity index (χ2v) is 8.68. The number of para-hydroxylation sites is 2. The van der Waals surface area contributed by atoms with Crippen molar-refractivity contribution in [3.8, 4) is 0 Å². The van der Waals surface area contributed by atoms with Gasteiger partial charge in [0.2, 0.25) is 6.17 Å². The normalized spacial score (nSPS) is 15.5. The maximum absolute atomic E-state index is 13.3. The second kappa shape index (κ2) is 9.24. The number of halogens is 1. The number of aromatic amines is 1. The molecule has 1 atom stereocenters. The first-order valence-electron chi connectivity index (χ1n) is 10.7. The molecular weight excluding hydrogens is 468 g/mol. The molecule has 170 valence electrons. The Morgan fingerprint density at radius 1 is 1.12 bits per heavy atom. The maximum atomic E-state index is 13.3. The summed E-state index contributed by atoms with van der Waals surface area (Å²) in [4.78, 5) is 27.5. The molecule has 1 aromatic heterocycles. The fraction of sp³-hybridized carbons (Fsp3) is 0.120. The summed E-state index contributed by atoms with van der Waals surface area (Å²) in [5.74, 6) is 0.507. The van der Waals surface area contributed by atoms with Gasteiger partial charge in [-0.25, -0.2) is 9.98 Å². The molecule has 1 aliphatic heterocycles. The number of amides is 1. The van der Waals surface area contributed by atoms with Gasteiger partial charge in [-0.2, -0.15) is 0 Å². The van der Waals surface area contributed by atoms with Crippen LogP contribution in [0.1, 0.15) is 17.0 Å². The average Bonchev–Trinajstić information content (AvgIpc) is 3.24. The van der Waals surface area contributed by atoms with Crippen molar-refractivity contribution >= 4 is 57.3 Å². The van der Waals surface area contributed by atoms with Gasteiger partial charge in [0.15, 0.2) is 5.11 Å². The van der Waals surface area contributed by atoms with Crippen molar-refractivity contribution in [2.75, 3.05) is 11.9 Å². The van der Waals surface area contributed by atoms with Crippen LogP contribution in [0.5, 0.6) is 0 Å². The summed E-state index contributed by atoms with van der Waals surface area (Å²) in [6.07, 6.45) is -0.915. The van der Waals surface area contributed by atoms with Crippen molar-refractivity contribution in [2.45, 2.75) is 12.7 Å². The molecule has 0 radical (unpaired) electrons. The summed E-state index contributed by atoms with van der Waals surface area (Å²) >= 11 is 11.8. The Labute approximate surface area is 206 Å². The summed E-state index contributed by atoms with van der Waals surface area (Å²) in [5, 5.41) is 7.04. The molecule has 4 aromatic rings. The molecule has 5 rings (SSSR count). The topological polar surface area (TPSA) is 85.4 Å². The number of aromatic nitrogens is 2. The number of rotatable bonds is 4. The van der Waals surface area contributed by atoms with E-state index >= 15 is 0 Å². The van der Waals surface area contributed by atoms with Crippen LogP contribution in [0.25, 0.3) is 11.0 Å². The molecule has 7 nitrogen and oxygen atoms in total. The molecule has 3 N–H and O–H groups in total. The number of anilines is 1. The number of fused-ring (bicyclic) bond motifs is 2. The van der Waals surface area contributed by atoms with Crippen molar-refractivity contribution in [1.82, 2.24) is 20.6 Å². The molecule has 0 saturated carbocycles. The number of aliphatic imine (C=N–C) groups is 1. The Hall–Kier alpha value is -3.75. The molecule has 1 amide bonds. The third-order valence-electron chi connectivity index (χ3n) is 5.57. The van der Waals surface area contributed by atoms with Gasteiger partial charge in [0.05, 0.1) is 29.0 Å². The zero-order chi connectivity index (χ0) is 23.7. The van der Waals surface area contributed by atoms with Crippen molar-refractivity contribution in [3.05, 3.63) is 94.8 Å². The van der Waals surface area contributed by atoms with Crippen LogP contribution in [-0.4, -0.2) is 39.9 Å². The minimum absolute atomic E-state index is 0.234. The van der Waals surface area contributed by atoms with Crippen LogP contribution >= 0.6 is 23.8 Å². The largest absolute Gasteiger partial charge is 0.355 e. The number of likely N-dealkylation sites (N-methyl/N-ethyl adjacent to an activating group) is 1. The average molecular weight is 489 g/mol. The number of nitrogens with one attached hydrogen (secondary N) is 3. The third-order valence-corrected chi connectivity index (χ3v) is 6.06. The molecule has 34 heavy (non-hydrogen) atoms. The summed E-state index contributed by atoms with van der Waals surface area (Å²) in [6, 6.07) is 22.9. The number of nitrogens with zero attached hydrogens (tertiary/aromatic N) is 3. The third kappa shape index (κ3) is 4.37. The van der Waals surface area contributed by atoms with Crippen LogP contribution in [0.4, 0.5) is 5.69 Å². The van der Waals surface area contributed by atoms with Crippen LogP contribution in [0.15, 0.2) is 77.8 Å². The molecular formula is C25H21ClN6OS. The van der Waals surface area contributed by atoms with Gasteiger partial charge in [0, 0.05) is 23.2 Å². The molecule has 3 aromatic carbocycles. The van der Waals surface area contributed by atoms with Gasteiger partial charge in [-0.05, 0) is 42.5 Å². The van der Waals surface area contributed by atoms with Crippen LogP contribution in [0.2, 0.25) is 5.02 Å². The first-order valence-corrected chi connectivity index (χ1v) is 11.5. The van der Waals surface area contributed by atoms with Gasteiger partial charge in [-0.1, -0.05) is 54.1 Å². The number of benzene rings is 3. The molecule has 2 heterocycles. The van der Waals surface area contributed by atoms with E-state index in [1.54, 1.807) is 18.0 Å². The summed E-state index contributed by atoms with van der Waals surface area (Å²) in [7, 11) is 1.72. The van der Waals surface area contributed by atoms with Crippen LogP contribution in [-0.2, 0) is 11.3 Å². The molecule has 9 heteroatoms. The first-order chi connectivity index (χ1) is 16.5. The van der Waals surface area contributed by atoms with Gasteiger partial charge in [-0.3, -0.25) is 4.79 Å². The lowest BCUT2D eigenvalue weighted by molar-refractivity contribution is -0.119. The van der Waals surface area contributed by atoms with Crippen LogP contribution in [0.3, 0.4) is 0 Å². The van der Waals surface area contributed by atoms with Crippen molar-refractivity contribution in [3.63, 3.8) is 0 Å². The molecule has 0 saturated heterocycles. The number of imidazole rings is 1. The lowest BCUT2D eigenvalue weighted by atomic mass is 10.0. The predicted octanol–water partition coefficient (Wildman–Crippen LogP) is 4.02. The first kappa shape index (κ1) is 22.1. The van der Waals surface area contributed by atoms with E-state index in [0.717, 1.165) is 33.7 Å². The van der Waals surface area contributed by atoms with Crippen LogP contribution < -0.4 is 15.5 Å². The Morgan fingerprint density at radius 3 is 2.68 bits per heavy atom. The minimum Gasteiger partial charge on any atom is -0.355 e. The summed E-state index contributed by atoms with van der Waals surface area (Å²) < 4.78 is 0. The van der Waals surface area contributed by atoms with Gasteiger partial charge >= 0.3 is 0 Å². The van der Waals surface area contributed by atoms with E-state index in [-0.39, 0.29) is 5.91 Å². The highest BCUT2D eigenvalue weighted by Crippen LogP contribution is 2.29. The van der Waals surface area contributed by atoms with Crippen molar-refractivity contribution in [1.29, 1.82) is 0 Å². The molecule has 0 aliphatic carbocycles. The number of carbonyl (C=O) groups excluding carboxylic acids is 1. The standard InChI is InChI=1S/C25H21ClN6OS/c1-32-20-12-11-16(26)13-17(20)22(15-7-3-2-4-8-15)30-23(24(32)33)31-25(34)27-14-21-28-18-9-5-6-10-19(18)29-21/h2-13,23H,14H2,1H3,(H,28,29)(H2,27,31,34). The van der Waals surface area contributed by atoms with Gasteiger partial charge in [-0.15, -0.1) is 0 Å². The number of thiocarbonyl (C=S) groups is 1. The zero-order valence-corrected chi connectivity index (χ0v) is 19.8. The van der Waals surface area contributed by atoms with Crippen molar-refractivity contribution in [2.24, 2.45) is 4.99 Å². The lowest BCUT2D eigenvalue weighted by Crippen LogP contribution is -2.49. The number of hydrogen-bond acceptors (Lipinski definition) is 4. The Bertz CT molecular complexity index is 1380.